The molecule has 0 heterocycles. The van der Waals surface area contributed by atoms with Crippen LogP contribution in [0, 0.1) is 0 Å². The van der Waals surface area contributed by atoms with Crippen molar-refractivity contribution in [3.8, 4) is 0 Å². The van der Waals surface area contributed by atoms with Crippen molar-refractivity contribution >= 4 is 28.7 Å². The standard InChI is InChI=1S/C7H9ClOS/c1-9-5-2-3-7(10)6(8)4-5/h4-5H,2-3H2,1H3. The van der Waals surface area contributed by atoms with E-state index < -0.39 is 0 Å². The molecule has 0 N–H and O–H groups in total. The van der Waals surface area contributed by atoms with E-state index in [1.807, 2.05) is 6.08 Å². The molecular weight excluding hydrogens is 168 g/mol. The largest absolute Gasteiger partial charge is 0.377 e. The highest BCUT2D eigenvalue weighted by Gasteiger charge is 2.14. The molecular formula is C7H9ClOS. The van der Waals surface area contributed by atoms with E-state index in [1.54, 1.807) is 7.11 Å². The molecule has 0 saturated heterocycles. The van der Waals surface area contributed by atoms with E-state index in [2.05, 4.69) is 0 Å². The summed E-state index contributed by atoms with van der Waals surface area (Å²) in [4.78, 5) is 0.856. The van der Waals surface area contributed by atoms with Gasteiger partial charge in [-0.05, 0) is 18.9 Å². The van der Waals surface area contributed by atoms with E-state index in [9.17, 15) is 0 Å². The highest BCUT2D eigenvalue weighted by Crippen LogP contribution is 2.20. The predicted octanol–water partition coefficient (Wildman–Crippen LogP) is 2.29. The molecule has 0 bridgehead atoms. The fourth-order valence-electron chi connectivity index (χ4n) is 0.918. The van der Waals surface area contributed by atoms with Crippen LogP contribution in [-0.2, 0) is 4.74 Å². The van der Waals surface area contributed by atoms with Crippen molar-refractivity contribution in [1.82, 2.24) is 0 Å². The monoisotopic (exact) mass is 176 g/mol. The first-order valence-corrected chi connectivity index (χ1v) is 3.96. The summed E-state index contributed by atoms with van der Waals surface area (Å²) in [7, 11) is 1.68. The number of halogens is 1. The van der Waals surface area contributed by atoms with Crippen LogP contribution in [0.2, 0.25) is 0 Å². The van der Waals surface area contributed by atoms with Gasteiger partial charge >= 0.3 is 0 Å². The summed E-state index contributed by atoms with van der Waals surface area (Å²) in [5.41, 5.74) is 0. The predicted molar refractivity (Wildman–Crippen MR) is 46.6 cm³/mol. The molecule has 0 radical (unpaired) electrons. The molecule has 1 nitrogen and oxygen atoms in total. The van der Waals surface area contributed by atoms with Crippen LogP contribution in [-0.4, -0.2) is 18.1 Å². The lowest BCUT2D eigenvalue weighted by Gasteiger charge is -2.16. The molecule has 10 heavy (non-hydrogen) atoms. The number of hydrogen-bond donors (Lipinski definition) is 0. The lowest BCUT2D eigenvalue weighted by molar-refractivity contribution is 0.134. The topological polar surface area (TPSA) is 9.23 Å². The molecule has 0 fully saturated rings. The number of rotatable bonds is 1. The van der Waals surface area contributed by atoms with Gasteiger partial charge in [-0.15, -0.1) is 0 Å². The number of hydrogen-bond acceptors (Lipinski definition) is 2. The van der Waals surface area contributed by atoms with Gasteiger partial charge in [0.25, 0.3) is 0 Å². The summed E-state index contributed by atoms with van der Waals surface area (Å²) in [5, 5.41) is 0.688. The molecule has 0 aromatic carbocycles. The summed E-state index contributed by atoms with van der Waals surface area (Å²) < 4.78 is 5.09. The zero-order valence-corrected chi connectivity index (χ0v) is 7.34. The molecule has 0 aromatic rings. The van der Waals surface area contributed by atoms with Gasteiger partial charge in [0.15, 0.2) is 0 Å². The SMILES string of the molecule is COC1C=C(Cl)C(=S)CC1. The lowest BCUT2D eigenvalue weighted by atomic mass is 10.1. The van der Waals surface area contributed by atoms with Crippen molar-refractivity contribution in [2.75, 3.05) is 7.11 Å². The minimum absolute atomic E-state index is 0.166. The van der Waals surface area contributed by atoms with Crippen LogP contribution >= 0.6 is 23.8 Å². The number of thiocarbonyl (C=S) groups is 1. The zero-order chi connectivity index (χ0) is 7.56. The van der Waals surface area contributed by atoms with Crippen LogP contribution in [0.1, 0.15) is 12.8 Å². The molecule has 1 aliphatic rings. The van der Waals surface area contributed by atoms with E-state index in [0.29, 0.717) is 5.03 Å². The third-order valence-electron chi connectivity index (χ3n) is 1.56. The molecule has 1 rings (SSSR count). The van der Waals surface area contributed by atoms with Crippen molar-refractivity contribution in [2.45, 2.75) is 18.9 Å². The Balaban J connectivity index is 2.65. The summed E-state index contributed by atoms with van der Waals surface area (Å²) in [6.07, 6.45) is 3.88. The van der Waals surface area contributed by atoms with Gasteiger partial charge in [-0.1, -0.05) is 23.8 Å². The Labute approximate surface area is 71.0 Å². The van der Waals surface area contributed by atoms with E-state index in [-0.39, 0.29) is 6.10 Å². The zero-order valence-electron chi connectivity index (χ0n) is 5.76. The highest BCUT2D eigenvalue weighted by molar-refractivity contribution is 7.81. The quantitative estimate of drug-likeness (QED) is 0.567. The molecule has 0 amide bonds. The fourth-order valence-corrected chi connectivity index (χ4v) is 1.34. The van der Waals surface area contributed by atoms with Crippen molar-refractivity contribution in [3.05, 3.63) is 11.1 Å². The molecule has 1 unspecified atom stereocenters. The van der Waals surface area contributed by atoms with Gasteiger partial charge in [-0.3, -0.25) is 0 Å². The van der Waals surface area contributed by atoms with E-state index >= 15 is 0 Å². The Hall–Kier alpha value is 0.0800. The van der Waals surface area contributed by atoms with E-state index in [1.165, 1.54) is 0 Å². The molecule has 0 aliphatic heterocycles. The second-order valence-corrected chi connectivity index (χ2v) is 3.15. The summed E-state index contributed by atoms with van der Waals surface area (Å²) in [5.74, 6) is 0. The van der Waals surface area contributed by atoms with Gasteiger partial charge in [0.2, 0.25) is 0 Å². The van der Waals surface area contributed by atoms with Gasteiger partial charge in [0.05, 0.1) is 11.1 Å². The third kappa shape index (κ3) is 1.78. The molecule has 1 aliphatic carbocycles. The first-order chi connectivity index (χ1) is 4.74. The third-order valence-corrected chi connectivity index (χ3v) is 2.45. The highest BCUT2D eigenvalue weighted by atomic mass is 35.5. The minimum atomic E-state index is 0.166. The smallest absolute Gasteiger partial charge is 0.0773 e. The van der Waals surface area contributed by atoms with Gasteiger partial charge in [0, 0.05) is 12.0 Å². The maximum absolute atomic E-state index is 5.78. The summed E-state index contributed by atoms with van der Waals surface area (Å²) in [6.45, 7) is 0. The van der Waals surface area contributed by atoms with Crippen LogP contribution in [0.4, 0.5) is 0 Å². The van der Waals surface area contributed by atoms with Crippen LogP contribution in [0.15, 0.2) is 11.1 Å². The molecule has 0 spiro atoms. The Morgan fingerprint density at radius 3 is 3.00 bits per heavy atom. The van der Waals surface area contributed by atoms with Crippen LogP contribution in [0.3, 0.4) is 0 Å². The van der Waals surface area contributed by atoms with Crippen molar-refractivity contribution in [1.29, 1.82) is 0 Å². The van der Waals surface area contributed by atoms with Crippen molar-refractivity contribution in [3.63, 3.8) is 0 Å². The average molecular weight is 177 g/mol. The lowest BCUT2D eigenvalue weighted by Crippen LogP contribution is -2.15. The molecule has 0 aromatic heterocycles. The van der Waals surface area contributed by atoms with Gasteiger partial charge in [-0.25, -0.2) is 0 Å². The Bertz CT molecular complexity index is 176. The average Bonchev–Trinajstić information content (AvgIpc) is 1.95. The molecule has 56 valence electrons. The van der Waals surface area contributed by atoms with Crippen LogP contribution < -0.4 is 0 Å². The van der Waals surface area contributed by atoms with Crippen LogP contribution in [0.25, 0.3) is 0 Å². The van der Waals surface area contributed by atoms with Crippen LogP contribution in [0.5, 0.6) is 0 Å². The normalized spacial score (nSPS) is 26.4. The second kappa shape index (κ2) is 3.46. The van der Waals surface area contributed by atoms with Gasteiger partial charge < -0.3 is 4.74 Å². The first kappa shape index (κ1) is 8.18. The maximum Gasteiger partial charge on any atom is 0.0773 e. The molecule has 0 saturated carbocycles. The Morgan fingerprint density at radius 2 is 2.50 bits per heavy atom. The summed E-state index contributed by atoms with van der Waals surface area (Å²) >= 11 is 10.8. The van der Waals surface area contributed by atoms with E-state index in [4.69, 9.17) is 28.6 Å². The molecule has 1 atom stereocenters. The van der Waals surface area contributed by atoms with Crippen molar-refractivity contribution < 1.29 is 4.74 Å². The van der Waals surface area contributed by atoms with E-state index in [0.717, 1.165) is 17.7 Å². The van der Waals surface area contributed by atoms with Gasteiger partial charge in [-0.2, -0.15) is 0 Å². The second-order valence-electron chi connectivity index (χ2n) is 2.25. The summed E-state index contributed by atoms with van der Waals surface area (Å²) in [6, 6.07) is 0. The van der Waals surface area contributed by atoms with Gasteiger partial charge in [0.1, 0.15) is 0 Å². The Kier molecular flexibility index (Phi) is 2.83. The fraction of sp³-hybridized carbons (Fsp3) is 0.571. The Morgan fingerprint density at radius 1 is 1.80 bits per heavy atom. The molecule has 3 heteroatoms. The number of methoxy groups -OCH3 is 1. The number of ether oxygens (including phenoxy) is 1. The van der Waals surface area contributed by atoms with Crippen molar-refractivity contribution in [2.24, 2.45) is 0 Å². The first-order valence-electron chi connectivity index (χ1n) is 3.17. The maximum atomic E-state index is 5.78. The minimum Gasteiger partial charge on any atom is -0.377 e. The number of allylic oxidation sites excluding steroid dienone is 1.